The van der Waals surface area contributed by atoms with Gasteiger partial charge in [-0.15, -0.1) is 0 Å². The standard InChI is InChI=1S/C15H17BrN2O4/c1-3-15(4-2)13(19)18(14(20)17-15)7-9-5-11-12(6-10(9)16)22-8-21-11/h5-6H,3-4,7-8H2,1-2H3,(H,17,20). The van der Waals surface area contributed by atoms with Crippen molar-refractivity contribution in [1.29, 1.82) is 0 Å². The van der Waals surface area contributed by atoms with Crippen LogP contribution in [0.15, 0.2) is 16.6 Å². The first-order valence-corrected chi connectivity index (χ1v) is 8.02. The van der Waals surface area contributed by atoms with Crippen molar-refractivity contribution in [2.45, 2.75) is 38.8 Å². The minimum atomic E-state index is -0.778. The summed E-state index contributed by atoms with van der Waals surface area (Å²) >= 11 is 3.45. The van der Waals surface area contributed by atoms with Gasteiger partial charge in [0.05, 0.1) is 6.54 Å². The molecule has 0 spiro atoms. The van der Waals surface area contributed by atoms with Gasteiger partial charge in [0.2, 0.25) is 6.79 Å². The lowest BCUT2D eigenvalue weighted by Gasteiger charge is -2.23. The number of carbonyl (C=O) groups is 2. The summed E-state index contributed by atoms with van der Waals surface area (Å²) in [7, 11) is 0. The van der Waals surface area contributed by atoms with Crippen LogP contribution in [0.5, 0.6) is 11.5 Å². The number of imide groups is 1. The van der Waals surface area contributed by atoms with Crippen molar-refractivity contribution in [3.63, 3.8) is 0 Å². The summed E-state index contributed by atoms with van der Waals surface area (Å²) in [4.78, 5) is 26.1. The van der Waals surface area contributed by atoms with Gasteiger partial charge in [0, 0.05) is 4.47 Å². The zero-order valence-electron chi connectivity index (χ0n) is 12.4. The van der Waals surface area contributed by atoms with Crippen LogP contribution in [0.2, 0.25) is 0 Å². The predicted octanol–water partition coefficient (Wildman–Crippen LogP) is 2.79. The molecular weight excluding hydrogens is 352 g/mol. The third-order valence-corrected chi connectivity index (χ3v) is 5.06. The summed E-state index contributed by atoms with van der Waals surface area (Å²) in [5.74, 6) is 1.11. The summed E-state index contributed by atoms with van der Waals surface area (Å²) in [6.45, 7) is 4.19. The van der Waals surface area contributed by atoms with Crippen LogP contribution in [0.25, 0.3) is 0 Å². The third-order valence-electron chi connectivity index (χ3n) is 4.32. The molecule has 0 saturated carbocycles. The van der Waals surface area contributed by atoms with Crippen LogP contribution in [0.4, 0.5) is 4.79 Å². The van der Waals surface area contributed by atoms with Crippen molar-refractivity contribution in [2.24, 2.45) is 0 Å². The molecule has 3 rings (SSSR count). The molecule has 6 nitrogen and oxygen atoms in total. The number of urea groups is 1. The Balaban J connectivity index is 1.88. The number of carbonyl (C=O) groups excluding carboxylic acids is 2. The molecule has 2 heterocycles. The fraction of sp³-hybridized carbons (Fsp3) is 0.467. The van der Waals surface area contributed by atoms with E-state index >= 15 is 0 Å². The number of hydrogen-bond donors (Lipinski definition) is 1. The van der Waals surface area contributed by atoms with Crippen molar-refractivity contribution < 1.29 is 19.1 Å². The normalized spacial score (nSPS) is 18.8. The Bertz CT molecular complexity index is 643. The molecule has 0 bridgehead atoms. The molecule has 1 saturated heterocycles. The lowest BCUT2D eigenvalue weighted by molar-refractivity contribution is -0.132. The second kappa shape index (κ2) is 5.46. The van der Waals surface area contributed by atoms with E-state index in [1.807, 2.05) is 13.8 Å². The maximum absolute atomic E-state index is 12.6. The largest absolute Gasteiger partial charge is 0.454 e. The van der Waals surface area contributed by atoms with Gasteiger partial charge in [-0.3, -0.25) is 9.69 Å². The van der Waals surface area contributed by atoms with Gasteiger partial charge in [0.1, 0.15) is 5.54 Å². The second-order valence-corrected chi connectivity index (χ2v) is 6.26. The van der Waals surface area contributed by atoms with Crippen LogP contribution in [0, 0.1) is 0 Å². The topological polar surface area (TPSA) is 67.9 Å². The van der Waals surface area contributed by atoms with E-state index in [2.05, 4.69) is 21.2 Å². The highest BCUT2D eigenvalue weighted by Gasteiger charge is 2.48. The average Bonchev–Trinajstić information content (AvgIpc) is 3.04. The maximum Gasteiger partial charge on any atom is 0.325 e. The molecular formula is C15H17BrN2O4. The monoisotopic (exact) mass is 368 g/mol. The van der Waals surface area contributed by atoms with Crippen molar-refractivity contribution in [3.05, 3.63) is 22.2 Å². The molecule has 0 unspecified atom stereocenters. The molecule has 3 amide bonds. The van der Waals surface area contributed by atoms with E-state index in [4.69, 9.17) is 9.47 Å². The third kappa shape index (κ3) is 2.24. The molecule has 0 aromatic heterocycles. The summed E-state index contributed by atoms with van der Waals surface area (Å²) in [6, 6.07) is 3.24. The molecule has 1 aromatic carbocycles. The van der Waals surface area contributed by atoms with Crippen molar-refractivity contribution in [3.8, 4) is 11.5 Å². The summed E-state index contributed by atoms with van der Waals surface area (Å²) in [6.07, 6.45) is 1.15. The Hall–Kier alpha value is -1.76. The number of amides is 3. The van der Waals surface area contributed by atoms with Gasteiger partial charge in [-0.1, -0.05) is 29.8 Å². The Kier molecular flexibility index (Phi) is 3.76. The Morgan fingerprint density at radius 3 is 2.45 bits per heavy atom. The fourth-order valence-corrected chi connectivity index (χ4v) is 3.25. The van der Waals surface area contributed by atoms with Crippen LogP contribution in [0.3, 0.4) is 0 Å². The van der Waals surface area contributed by atoms with E-state index in [0.29, 0.717) is 24.3 Å². The van der Waals surface area contributed by atoms with E-state index in [0.717, 1.165) is 10.0 Å². The van der Waals surface area contributed by atoms with Gasteiger partial charge in [0.25, 0.3) is 5.91 Å². The quantitative estimate of drug-likeness (QED) is 0.829. The SMILES string of the molecule is CCC1(CC)NC(=O)N(Cc2cc3c(cc2Br)OCO3)C1=O. The predicted molar refractivity (Wildman–Crippen MR) is 82.7 cm³/mol. The van der Waals surface area contributed by atoms with E-state index in [1.54, 1.807) is 12.1 Å². The number of hydrogen-bond acceptors (Lipinski definition) is 4. The van der Waals surface area contributed by atoms with Gasteiger partial charge < -0.3 is 14.8 Å². The van der Waals surface area contributed by atoms with Crippen LogP contribution >= 0.6 is 15.9 Å². The van der Waals surface area contributed by atoms with Gasteiger partial charge >= 0.3 is 6.03 Å². The highest BCUT2D eigenvalue weighted by Crippen LogP contribution is 2.38. The number of benzene rings is 1. The number of halogens is 1. The number of nitrogens with one attached hydrogen (secondary N) is 1. The van der Waals surface area contributed by atoms with E-state index in [9.17, 15) is 9.59 Å². The molecule has 1 fully saturated rings. The zero-order chi connectivity index (χ0) is 15.9. The molecule has 1 aromatic rings. The second-order valence-electron chi connectivity index (χ2n) is 5.41. The molecule has 0 radical (unpaired) electrons. The Morgan fingerprint density at radius 2 is 1.86 bits per heavy atom. The molecule has 7 heteroatoms. The number of ether oxygens (including phenoxy) is 2. The van der Waals surface area contributed by atoms with Crippen molar-refractivity contribution in [2.75, 3.05) is 6.79 Å². The minimum absolute atomic E-state index is 0.174. The number of rotatable bonds is 4. The van der Waals surface area contributed by atoms with Crippen LogP contribution < -0.4 is 14.8 Å². The molecule has 118 valence electrons. The van der Waals surface area contributed by atoms with Gasteiger partial charge in [0.15, 0.2) is 11.5 Å². The first-order chi connectivity index (χ1) is 10.5. The molecule has 22 heavy (non-hydrogen) atoms. The lowest BCUT2D eigenvalue weighted by Crippen LogP contribution is -2.45. The summed E-state index contributed by atoms with van der Waals surface area (Å²) in [5, 5.41) is 2.82. The van der Waals surface area contributed by atoms with Crippen LogP contribution in [0.1, 0.15) is 32.3 Å². The summed E-state index contributed by atoms with van der Waals surface area (Å²) in [5.41, 5.74) is 0.0237. The Labute approximate surface area is 136 Å². The lowest BCUT2D eigenvalue weighted by atomic mass is 9.93. The van der Waals surface area contributed by atoms with Gasteiger partial charge in [-0.25, -0.2) is 4.79 Å². The van der Waals surface area contributed by atoms with Gasteiger partial charge in [-0.05, 0) is 30.5 Å². The summed E-state index contributed by atoms with van der Waals surface area (Å²) < 4.78 is 11.4. The molecule has 2 aliphatic rings. The Morgan fingerprint density at radius 1 is 1.23 bits per heavy atom. The minimum Gasteiger partial charge on any atom is -0.454 e. The van der Waals surface area contributed by atoms with Crippen LogP contribution in [-0.2, 0) is 11.3 Å². The number of fused-ring (bicyclic) bond motifs is 1. The van der Waals surface area contributed by atoms with E-state index in [-0.39, 0.29) is 25.3 Å². The molecule has 0 aliphatic carbocycles. The average molecular weight is 369 g/mol. The molecule has 2 aliphatic heterocycles. The van der Waals surface area contributed by atoms with Crippen molar-refractivity contribution >= 4 is 27.9 Å². The van der Waals surface area contributed by atoms with E-state index < -0.39 is 5.54 Å². The zero-order valence-corrected chi connectivity index (χ0v) is 14.0. The molecule has 1 N–H and O–H groups in total. The van der Waals surface area contributed by atoms with Gasteiger partial charge in [-0.2, -0.15) is 0 Å². The van der Waals surface area contributed by atoms with Crippen molar-refractivity contribution in [1.82, 2.24) is 10.2 Å². The first kappa shape index (κ1) is 15.1. The highest BCUT2D eigenvalue weighted by atomic mass is 79.9. The smallest absolute Gasteiger partial charge is 0.325 e. The number of nitrogens with zero attached hydrogens (tertiary/aromatic N) is 1. The van der Waals surface area contributed by atoms with E-state index in [1.165, 1.54) is 4.90 Å². The van der Waals surface area contributed by atoms with Crippen LogP contribution in [-0.4, -0.2) is 29.2 Å². The molecule has 0 atom stereocenters. The fourth-order valence-electron chi connectivity index (χ4n) is 2.80. The highest BCUT2D eigenvalue weighted by molar-refractivity contribution is 9.10. The maximum atomic E-state index is 12.6. The first-order valence-electron chi connectivity index (χ1n) is 7.23.